The Hall–Kier alpha value is -1.59. The van der Waals surface area contributed by atoms with Crippen LogP contribution >= 0.6 is 0 Å². The molecular weight excluding hydrogens is 314 g/mol. The Morgan fingerprint density at radius 2 is 1.84 bits per heavy atom. The first-order valence-electron chi connectivity index (χ1n) is 9.63. The van der Waals surface area contributed by atoms with Crippen LogP contribution in [0.1, 0.15) is 44.2 Å². The van der Waals surface area contributed by atoms with Crippen LogP contribution in [0, 0.1) is 5.92 Å². The second kappa shape index (κ2) is 9.20. The standard InChI is InChI=1S/C20H31N3O2/c1-16-7-9-18(10-8-16)22-20(24)21-15-19(17-5-3-2-4-6-17)23-11-13-25-14-12-23/h2-6,16,18-19H,7-15H2,1H3,(H2,21,22,24). The number of morpholine rings is 1. The van der Waals surface area contributed by atoms with Crippen LogP contribution in [0.15, 0.2) is 30.3 Å². The number of rotatable bonds is 5. The van der Waals surface area contributed by atoms with Crippen molar-refractivity contribution >= 4 is 6.03 Å². The van der Waals surface area contributed by atoms with E-state index in [4.69, 9.17) is 4.74 Å². The number of carbonyl (C=O) groups excluding carboxylic acids is 1. The minimum Gasteiger partial charge on any atom is -0.379 e. The van der Waals surface area contributed by atoms with E-state index in [2.05, 4.69) is 46.7 Å². The molecule has 1 aliphatic carbocycles. The third-order valence-electron chi connectivity index (χ3n) is 5.48. The molecule has 0 aromatic heterocycles. The first-order chi connectivity index (χ1) is 12.2. The minimum absolute atomic E-state index is 0.0336. The summed E-state index contributed by atoms with van der Waals surface area (Å²) in [5.41, 5.74) is 1.25. The number of ether oxygens (including phenoxy) is 1. The van der Waals surface area contributed by atoms with Crippen LogP contribution in [-0.4, -0.2) is 49.8 Å². The molecule has 1 aliphatic heterocycles. The summed E-state index contributed by atoms with van der Waals surface area (Å²) >= 11 is 0. The number of urea groups is 1. The molecule has 1 aromatic rings. The van der Waals surface area contributed by atoms with Gasteiger partial charge in [0.05, 0.1) is 19.3 Å². The van der Waals surface area contributed by atoms with Gasteiger partial charge in [-0.1, -0.05) is 37.3 Å². The van der Waals surface area contributed by atoms with Crippen molar-refractivity contribution in [2.24, 2.45) is 5.92 Å². The highest BCUT2D eigenvalue weighted by Gasteiger charge is 2.24. The van der Waals surface area contributed by atoms with Crippen LogP contribution in [0.5, 0.6) is 0 Å². The predicted molar refractivity (Wildman–Crippen MR) is 99.5 cm³/mol. The van der Waals surface area contributed by atoms with E-state index >= 15 is 0 Å². The van der Waals surface area contributed by atoms with Crippen molar-refractivity contribution in [3.05, 3.63) is 35.9 Å². The van der Waals surface area contributed by atoms with Gasteiger partial charge >= 0.3 is 6.03 Å². The molecule has 25 heavy (non-hydrogen) atoms. The summed E-state index contributed by atoms with van der Waals surface area (Å²) in [5.74, 6) is 0.796. The Morgan fingerprint density at radius 1 is 1.16 bits per heavy atom. The number of carbonyl (C=O) groups is 1. The van der Waals surface area contributed by atoms with Crippen molar-refractivity contribution in [3.63, 3.8) is 0 Å². The van der Waals surface area contributed by atoms with Gasteiger partial charge in [-0.3, -0.25) is 4.90 Å². The number of benzene rings is 1. The van der Waals surface area contributed by atoms with E-state index in [9.17, 15) is 4.79 Å². The summed E-state index contributed by atoms with van der Waals surface area (Å²) in [4.78, 5) is 14.8. The molecule has 2 fully saturated rings. The van der Waals surface area contributed by atoms with Crippen LogP contribution in [0.4, 0.5) is 4.79 Å². The van der Waals surface area contributed by atoms with E-state index in [0.29, 0.717) is 12.6 Å². The summed E-state index contributed by atoms with van der Waals surface area (Å²) in [7, 11) is 0. The molecule has 2 amide bonds. The topological polar surface area (TPSA) is 53.6 Å². The fraction of sp³-hybridized carbons (Fsp3) is 0.650. The maximum absolute atomic E-state index is 12.3. The van der Waals surface area contributed by atoms with Crippen LogP contribution in [0.2, 0.25) is 0 Å². The Labute approximate surface area is 151 Å². The molecule has 1 aromatic carbocycles. The van der Waals surface area contributed by atoms with Gasteiger partial charge in [0.1, 0.15) is 0 Å². The molecule has 1 atom stereocenters. The lowest BCUT2D eigenvalue weighted by atomic mass is 9.87. The van der Waals surface area contributed by atoms with E-state index in [1.54, 1.807) is 0 Å². The highest BCUT2D eigenvalue weighted by atomic mass is 16.5. The minimum atomic E-state index is -0.0336. The average molecular weight is 345 g/mol. The predicted octanol–water partition coefficient (Wildman–Crippen LogP) is 2.94. The van der Waals surface area contributed by atoms with Crippen molar-refractivity contribution in [1.29, 1.82) is 0 Å². The van der Waals surface area contributed by atoms with Gasteiger partial charge in [0, 0.05) is 25.7 Å². The second-order valence-corrected chi connectivity index (χ2v) is 7.39. The highest BCUT2D eigenvalue weighted by molar-refractivity contribution is 5.74. The molecular formula is C20H31N3O2. The number of nitrogens with one attached hydrogen (secondary N) is 2. The van der Waals surface area contributed by atoms with Crippen LogP contribution in [0.25, 0.3) is 0 Å². The molecule has 1 saturated heterocycles. The smallest absolute Gasteiger partial charge is 0.315 e. The van der Waals surface area contributed by atoms with Crippen molar-refractivity contribution in [3.8, 4) is 0 Å². The molecule has 0 radical (unpaired) electrons. The van der Waals surface area contributed by atoms with Crippen molar-refractivity contribution in [2.45, 2.75) is 44.7 Å². The number of amides is 2. The first kappa shape index (κ1) is 18.2. The highest BCUT2D eigenvalue weighted by Crippen LogP contribution is 2.24. The summed E-state index contributed by atoms with van der Waals surface area (Å²) in [5, 5.41) is 6.26. The molecule has 0 spiro atoms. The van der Waals surface area contributed by atoms with Gasteiger partial charge in [-0.25, -0.2) is 4.79 Å². The fourth-order valence-electron chi connectivity index (χ4n) is 3.85. The van der Waals surface area contributed by atoms with E-state index in [0.717, 1.165) is 45.1 Å². The van der Waals surface area contributed by atoms with Gasteiger partial charge < -0.3 is 15.4 Å². The van der Waals surface area contributed by atoms with E-state index in [-0.39, 0.29) is 12.1 Å². The lowest BCUT2D eigenvalue weighted by Crippen LogP contribution is -2.48. The zero-order valence-electron chi connectivity index (χ0n) is 15.2. The second-order valence-electron chi connectivity index (χ2n) is 7.39. The SMILES string of the molecule is CC1CCC(NC(=O)NCC(c2ccccc2)N2CCOCC2)CC1. The molecule has 0 bridgehead atoms. The summed E-state index contributed by atoms with van der Waals surface area (Å²) in [6.45, 7) is 6.25. The third-order valence-corrected chi connectivity index (χ3v) is 5.48. The number of hydrogen-bond acceptors (Lipinski definition) is 3. The van der Waals surface area contributed by atoms with Crippen molar-refractivity contribution < 1.29 is 9.53 Å². The quantitative estimate of drug-likeness (QED) is 0.863. The van der Waals surface area contributed by atoms with Gasteiger partial charge in [0.25, 0.3) is 0 Å². The van der Waals surface area contributed by atoms with E-state index < -0.39 is 0 Å². The molecule has 138 valence electrons. The third kappa shape index (κ3) is 5.44. The molecule has 1 heterocycles. The summed E-state index contributed by atoms with van der Waals surface area (Å²) in [6, 6.07) is 10.9. The zero-order valence-corrected chi connectivity index (χ0v) is 15.2. The molecule has 1 saturated carbocycles. The van der Waals surface area contributed by atoms with Crippen LogP contribution < -0.4 is 10.6 Å². The molecule has 5 heteroatoms. The molecule has 1 unspecified atom stereocenters. The normalized spacial score (nSPS) is 26.0. The maximum atomic E-state index is 12.3. The van der Waals surface area contributed by atoms with Gasteiger partial charge in [0.15, 0.2) is 0 Å². The average Bonchev–Trinajstić information content (AvgIpc) is 2.66. The summed E-state index contributed by atoms with van der Waals surface area (Å²) in [6.07, 6.45) is 4.62. The first-order valence-corrected chi connectivity index (χ1v) is 9.63. The number of nitrogens with zero attached hydrogens (tertiary/aromatic N) is 1. The molecule has 3 rings (SSSR count). The van der Waals surface area contributed by atoms with E-state index in [1.165, 1.54) is 18.4 Å². The van der Waals surface area contributed by atoms with Crippen molar-refractivity contribution in [1.82, 2.24) is 15.5 Å². The molecule has 5 nitrogen and oxygen atoms in total. The molecule has 2 aliphatic rings. The Balaban J connectivity index is 1.54. The van der Waals surface area contributed by atoms with Crippen LogP contribution in [0.3, 0.4) is 0 Å². The lowest BCUT2D eigenvalue weighted by Gasteiger charge is -2.35. The van der Waals surface area contributed by atoms with Gasteiger partial charge in [-0.15, -0.1) is 0 Å². The zero-order chi connectivity index (χ0) is 17.5. The fourth-order valence-corrected chi connectivity index (χ4v) is 3.85. The largest absolute Gasteiger partial charge is 0.379 e. The monoisotopic (exact) mass is 345 g/mol. The van der Waals surface area contributed by atoms with E-state index in [1.807, 2.05) is 6.07 Å². The number of hydrogen-bond donors (Lipinski definition) is 2. The van der Waals surface area contributed by atoms with Crippen LogP contribution in [-0.2, 0) is 4.74 Å². The van der Waals surface area contributed by atoms with Crippen molar-refractivity contribution in [2.75, 3.05) is 32.8 Å². The molecule has 2 N–H and O–H groups in total. The van der Waals surface area contributed by atoms with Gasteiger partial charge in [0.2, 0.25) is 0 Å². The maximum Gasteiger partial charge on any atom is 0.315 e. The van der Waals surface area contributed by atoms with Gasteiger partial charge in [-0.2, -0.15) is 0 Å². The van der Waals surface area contributed by atoms with Gasteiger partial charge in [-0.05, 0) is 37.2 Å². The Bertz CT molecular complexity index is 523. The Morgan fingerprint density at radius 3 is 2.52 bits per heavy atom. The Kier molecular flexibility index (Phi) is 6.70. The summed E-state index contributed by atoms with van der Waals surface area (Å²) < 4.78 is 5.48. The lowest BCUT2D eigenvalue weighted by molar-refractivity contribution is 0.0167.